The van der Waals surface area contributed by atoms with Crippen LogP contribution in [0.4, 0.5) is 0 Å². The highest BCUT2D eigenvalue weighted by Gasteiger charge is 2.75. The van der Waals surface area contributed by atoms with Crippen molar-refractivity contribution in [2.24, 2.45) is 17.8 Å². The zero-order valence-electron chi connectivity index (χ0n) is 24.4. The van der Waals surface area contributed by atoms with Gasteiger partial charge in [-0.05, 0) is 43.7 Å². The van der Waals surface area contributed by atoms with Crippen molar-refractivity contribution in [1.82, 2.24) is 24.8 Å². The third-order valence-electron chi connectivity index (χ3n) is 9.27. The summed E-state index contributed by atoms with van der Waals surface area (Å²) in [6.45, 7) is 11.7. The van der Waals surface area contributed by atoms with E-state index in [-0.39, 0.29) is 44.2 Å². The van der Waals surface area contributed by atoms with E-state index in [1.165, 1.54) is 4.90 Å². The number of aromatic nitrogens is 3. The molecule has 11 nitrogen and oxygen atoms in total. The minimum Gasteiger partial charge on any atom is -0.465 e. The van der Waals surface area contributed by atoms with Crippen LogP contribution in [0.1, 0.15) is 46.0 Å². The van der Waals surface area contributed by atoms with Crippen molar-refractivity contribution in [1.29, 1.82) is 0 Å². The number of likely N-dealkylation sites (tertiary alicyclic amines) is 1. The fourth-order valence-corrected chi connectivity index (χ4v) is 7.04. The van der Waals surface area contributed by atoms with Crippen LogP contribution in [0.2, 0.25) is 0 Å². The number of aliphatic hydroxyl groups excluding tert-OH is 1. The van der Waals surface area contributed by atoms with E-state index in [4.69, 9.17) is 9.47 Å². The molecule has 5 rings (SSSR count). The lowest BCUT2D eigenvalue weighted by Crippen LogP contribution is -2.60. The van der Waals surface area contributed by atoms with Crippen molar-refractivity contribution in [3.63, 3.8) is 0 Å². The van der Waals surface area contributed by atoms with Gasteiger partial charge in [0.2, 0.25) is 11.8 Å². The summed E-state index contributed by atoms with van der Waals surface area (Å²) in [6.07, 6.45) is 5.91. The number of carbonyl (C=O) groups is 3. The first-order valence-corrected chi connectivity index (χ1v) is 14.9. The van der Waals surface area contributed by atoms with Crippen molar-refractivity contribution in [3.8, 4) is 0 Å². The summed E-state index contributed by atoms with van der Waals surface area (Å²) >= 11 is 0. The molecule has 0 radical (unpaired) electrons. The average Bonchev–Trinajstić information content (AvgIpc) is 3.75. The predicted molar refractivity (Wildman–Crippen MR) is 155 cm³/mol. The Morgan fingerprint density at radius 3 is 2.81 bits per heavy atom. The first-order valence-electron chi connectivity index (χ1n) is 14.9. The van der Waals surface area contributed by atoms with Gasteiger partial charge in [0.15, 0.2) is 0 Å². The molecule has 3 aliphatic rings. The number of hydrogen-bond acceptors (Lipinski definition) is 8. The zero-order valence-corrected chi connectivity index (χ0v) is 24.4. The Morgan fingerprint density at radius 1 is 1.31 bits per heavy atom. The SMILES string of the molecule is C=CCCCOC(=O)[C@@H]1[C@H]2C(=O)N([C@@H](CO)[C@@H](C)CC)C(C(=O)N(CC=C)Cn3nnc4ccccc43)C23CC[C@H]1O3. The Hall–Kier alpha value is -3.57. The van der Waals surface area contributed by atoms with Gasteiger partial charge in [0.25, 0.3) is 0 Å². The molecule has 2 bridgehead atoms. The lowest BCUT2D eigenvalue weighted by molar-refractivity contribution is -0.157. The van der Waals surface area contributed by atoms with Crippen LogP contribution in [0, 0.1) is 17.8 Å². The molecule has 11 heteroatoms. The maximum absolute atomic E-state index is 14.7. The summed E-state index contributed by atoms with van der Waals surface area (Å²) in [7, 11) is 0. The standard InChI is InChI=1S/C31H41N5O6/c1-5-8-11-17-41-30(40)25-24-14-15-31(42-24)26(25)28(38)36(23(18-37)20(4)7-3)27(31)29(39)34(16-6-2)19-35-22-13-10-9-12-21(22)32-33-35/h5-6,9-10,12-13,20,23-27,37H,1-2,7-8,11,14-19H2,3-4H3/t20-,23-,24+,25-,26-,27?,31?/m0/s1. The highest BCUT2D eigenvalue weighted by molar-refractivity contribution is 5.98. The van der Waals surface area contributed by atoms with E-state index < -0.39 is 41.6 Å². The van der Waals surface area contributed by atoms with Gasteiger partial charge < -0.3 is 24.4 Å². The van der Waals surface area contributed by atoms with Crippen LogP contribution in [0.3, 0.4) is 0 Å². The van der Waals surface area contributed by atoms with E-state index in [2.05, 4.69) is 23.5 Å². The van der Waals surface area contributed by atoms with Crippen LogP contribution >= 0.6 is 0 Å². The van der Waals surface area contributed by atoms with E-state index >= 15 is 0 Å². The number of unbranched alkanes of at least 4 members (excludes halogenated alkanes) is 1. The molecule has 0 saturated carbocycles. The number of rotatable bonds is 14. The van der Waals surface area contributed by atoms with Crippen LogP contribution in [0.5, 0.6) is 0 Å². The third-order valence-corrected chi connectivity index (χ3v) is 9.27. The van der Waals surface area contributed by atoms with Gasteiger partial charge in [-0.25, -0.2) is 4.68 Å². The molecule has 1 aromatic heterocycles. The monoisotopic (exact) mass is 579 g/mol. The maximum Gasteiger partial charge on any atom is 0.312 e. The average molecular weight is 580 g/mol. The molecule has 4 heterocycles. The van der Waals surface area contributed by atoms with Gasteiger partial charge in [0, 0.05) is 6.54 Å². The van der Waals surface area contributed by atoms with Crippen LogP contribution in [-0.2, 0) is 30.5 Å². The molecule has 1 spiro atoms. The van der Waals surface area contributed by atoms with Gasteiger partial charge in [-0.15, -0.1) is 18.3 Å². The lowest BCUT2D eigenvalue weighted by Gasteiger charge is -2.40. The molecule has 3 saturated heterocycles. The second kappa shape index (κ2) is 12.3. The summed E-state index contributed by atoms with van der Waals surface area (Å²) in [4.78, 5) is 45.5. The minimum absolute atomic E-state index is 0.0793. The highest BCUT2D eigenvalue weighted by Crippen LogP contribution is 2.59. The number of para-hydroxylation sites is 1. The number of allylic oxidation sites excluding steroid dienone is 1. The predicted octanol–water partition coefficient (Wildman–Crippen LogP) is 2.69. The highest BCUT2D eigenvalue weighted by atomic mass is 16.6. The molecule has 0 aliphatic carbocycles. The second-order valence-electron chi connectivity index (χ2n) is 11.6. The lowest BCUT2D eigenvalue weighted by atomic mass is 9.70. The molecule has 2 amide bonds. The smallest absolute Gasteiger partial charge is 0.312 e. The Morgan fingerprint density at radius 2 is 2.10 bits per heavy atom. The fourth-order valence-electron chi connectivity index (χ4n) is 7.04. The molecule has 1 N–H and O–H groups in total. The zero-order chi connectivity index (χ0) is 30.0. The third kappa shape index (κ3) is 4.92. The van der Waals surface area contributed by atoms with Crippen LogP contribution in [0.25, 0.3) is 11.0 Å². The number of fused-ring (bicyclic) bond motifs is 2. The number of aliphatic hydroxyl groups is 1. The molecule has 7 atom stereocenters. The molecule has 3 fully saturated rings. The maximum atomic E-state index is 14.7. The topological polar surface area (TPSA) is 127 Å². The Bertz CT molecular complexity index is 1340. The van der Waals surface area contributed by atoms with Crippen molar-refractivity contribution in [2.75, 3.05) is 19.8 Å². The summed E-state index contributed by atoms with van der Waals surface area (Å²) in [6, 6.07) is 5.82. The molecule has 226 valence electrons. The number of amides is 2. The Labute approximate surface area is 246 Å². The van der Waals surface area contributed by atoms with Crippen LogP contribution in [0.15, 0.2) is 49.6 Å². The summed E-state index contributed by atoms with van der Waals surface area (Å²) < 4.78 is 13.8. The van der Waals surface area contributed by atoms with Crippen LogP contribution in [-0.4, -0.2) is 91.2 Å². The Balaban J connectivity index is 1.52. The van der Waals surface area contributed by atoms with E-state index in [0.29, 0.717) is 37.6 Å². The van der Waals surface area contributed by atoms with Gasteiger partial charge in [0.05, 0.1) is 42.7 Å². The normalized spacial score (nSPS) is 27.6. The van der Waals surface area contributed by atoms with Gasteiger partial charge >= 0.3 is 5.97 Å². The number of ether oxygens (including phenoxy) is 2. The summed E-state index contributed by atoms with van der Waals surface area (Å²) in [5, 5.41) is 19.0. The first kappa shape index (κ1) is 29.9. The Kier molecular flexibility index (Phi) is 8.79. The van der Waals surface area contributed by atoms with Crippen molar-refractivity contribution in [3.05, 3.63) is 49.6 Å². The van der Waals surface area contributed by atoms with E-state index in [1.807, 2.05) is 38.1 Å². The van der Waals surface area contributed by atoms with Crippen molar-refractivity contribution < 1.29 is 29.0 Å². The van der Waals surface area contributed by atoms with Crippen molar-refractivity contribution >= 4 is 28.8 Å². The molecule has 2 aromatic rings. The van der Waals surface area contributed by atoms with Gasteiger partial charge in [-0.1, -0.05) is 49.8 Å². The van der Waals surface area contributed by atoms with Crippen LogP contribution < -0.4 is 0 Å². The first-order chi connectivity index (χ1) is 20.3. The second-order valence-corrected chi connectivity index (χ2v) is 11.6. The number of benzene rings is 1. The molecule has 3 aliphatic heterocycles. The fraction of sp³-hybridized carbons (Fsp3) is 0.581. The number of carbonyl (C=O) groups excluding carboxylic acids is 3. The summed E-state index contributed by atoms with van der Waals surface area (Å²) in [5.41, 5.74) is 0.262. The number of hydrogen-bond donors (Lipinski definition) is 1. The molecule has 2 unspecified atom stereocenters. The van der Waals surface area contributed by atoms with E-state index in [9.17, 15) is 19.5 Å². The number of nitrogens with zero attached hydrogens (tertiary/aromatic N) is 5. The largest absolute Gasteiger partial charge is 0.465 e. The van der Waals surface area contributed by atoms with E-state index in [1.54, 1.807) is 21.7 Å². The van der Waals surface area contributed by atoms with Gasteiger partial charge in [-0.2, -0.15) is 0 Å². The molecular weight excluding hydrogens is 538 g/mol. The quantitative estimate of drug-likeness (QED) is 0.206. The van der Waals surface area contributed by atoms with E-state index in [0.717, 1.165) is 5.52 Å². The minimum atomic E-state index is -1.20. The molecule has 1 aromatic carbocycles. The van der Waals surface area contributed by atoms with Gasteiger partial charge in [0.1, 0.15) is 23.8 Å². The molecular formula is C31H41N5O6. The summed E-state index contributed by atoms with van der Waals surface area (Å²) in [5.74, 6) is -2.93. The van der Waals surface area contributed by atoms with Crippen molar-refractivity contribution in [2.45, 2.75) is 76.4 Å². The number of esters is 1. The molecule has 42 heavy (non-hydrogen) atoms. The van der Waals surface area contributed by atoms with Gasteiger partial charge in [-0.3, -0.25) is 14.4 Å².